The lowest BCUT2D eigenvalue weighted by atomic mass is 9.95. The molecule has 2 aromatic heterocycles. The Morgan fingerprint density at radius 3 is 2.64 bits per heavy atom. The Balaban J connectivity index is 1.66. The van der Waals surface area contributed by atoms with Crippen molar-refractivity contribution in [2.75, 3.05) is 5.32 Å². The molecule has 0 spiro atoms. The van der Waals surface area contributed by atoms with E-state index in [1.807, 2.05) is 6.92 Å². The van der Waals surface area contributed by atoms with Gasteiger partial charge in [0.05, 0.1) is 0 Å². The standard InChI is InChI=1S/C19H25N5O3S/c1-2-16-21-22-18(28-16)20-15(25)11-23-14-10-6-9-13(14)17(26)24(19(23)27)12-7-4-3-5-8-12/h12H,2-11H2,1H3,(H,20,22,25). The third-order valence-electron chi connectivity index (χ3n) is 5.69. The summed E-state index contributed by atoms with van der Waals surface area (Å²) in [6.45, 7) is 1.87. The van der Waals surface area contributed by atoms with Crippen LogP contribution in [0.2, 0.25) is 0 Å². The molecule has 0 unspecified atom stereocenters. The van der Waals surface area contributed by atoms with Crippen LogP contribution in [0.1, 0.15) is 67.8 Å². The number of fused-ring (bicyclic) bond motifs is 1. The van der Waals surface area contributed by atoms with Crippen LogP contribution in [0, 0.1) is 0 Å². The minimum absolute atomic E-state index is 0.0516. The van der Waals surface area contributed by atoms with E-state index in [-0.39, 0.29) is 29.7 Å². The van der Waals surface area contributed by atoms with Crippen LogP contribution < -0.4 is 16.6 Å². The van der Waals surface area contributed by atoms with Gasteiger partial charge < -0.3 is 0 Å². The maximum atomic E-state index is 13.2. The van der Waals surface area contributed by atoms with Gasteiger partial charge in [0.15, 0.2) is 0 Å². The molecule has 0 aromatic carbocycles. The minimum atomic E-state index is -0.348. The van der Waals surface area contributed by atoms with E-state index < -0.39 is 0 Å². The number of amides is 1. The summed E-state index contributed by atoms with van der Waals surface area (Å²) >= 11 is 1.33. The fraction of sp³-hybridized carbons (Fsp3) is 0.632. The van der Waals surface area contributed by atoms with Gasteiger partial charge in [-0.2, -0.15) is 0 Å². The Labute approximate surface area is 166 Å². The van der Waals surface area contributed by atoms with E-state index in [9.17, 15) is 14.4 Å². The Morgan fingerprint density at radius 1 is 1.14 bits per heavy atom. The summed E-state index contributed by atoms with van der Waals surface area (Å²) in [7, 11) is 0. The first-order chi connectivity index (χ1) is 13.6. The third kappa shape index (κ3) is 3.55. The normalized spacial score (nSPS) is 16.9. The number of aryl methyl sites for hydroxylation is 1. The molecule has 2 aromatic rings. The van der Waals surface area contributed by atoms with Crippen molar-refractivity contribution in [3.63, 3.8) is 0 Å². The number of nitrogens with one attached hydrogen (secondary N) is 1. The summed E-state index contributed by atoms with van der Waals surface area (Å²) in [5.41, 5.74) is 0.947. The first kappa shape index (κ1) is 19.0. The van der Waals surface area contributed by atoms with Crippen molar-refractivity contribution < 1.29 is 4.79 Å². The van der Waals surface area contributed by atoms with Crippen molar-refractivity contribution in [3.8, 4) is 0 Å². The second kappa shape index (κ2) is 7.98. The van der Waals surface area contributed by atoms with Gasteiger partial charge in [0.1, 0.15) is 11.6 Å². The fourth-order valence-electron chi connectivity index (χ4n) is 4.31. The molecule has 0 atom stereocenters. The second-order valence-electron chi connectivity index (χ2n) is 7.52. The van der Waals surface area contributed by atoms with Gasteiger partial charge in [-0.05, 0) is 38.5 Å². The molecule has 1 N–H and O–H groups in total. The number of carbonyl (C=O) groups excluding carboxylic acids is 1. The molecule has 0 radical (unpaired) electrons. The molecule has 4 rings (SSSR count). The smallest absolute Gasteiger partial charge is 0.299 e. The van der Waals surface area contributed by atoms with Crippen LogP contribution in [0.5, 0.6) is 0 Å². The second-order valence-corrected chi connectivity index (χ2v) is 8.58. The zero-order chi connectivity index (χ0) is 19.7. The molecule has 1 amide bonds. The van der Waals surface area contributed by atoms with Crippen LogP contribution in [0.3, 0.4) is 0 Å². The van der Waals surface area contributed by atoms with Crippen LogP contribution in [0.25, 0.3) is 0 Å². The minimum Gasteiger partial charge on any atom is -0.299 e. The van der Waals surface area contributed by atoms with E-state index in [4.69, 9.17) is 0 Å². The van der Waals surface area contributed by atoms with Crippen molar-refractivity contribution in [1.82, 2.24) is 19.3 Å². The summed E-state index contributed by atoms with van der Waals surface area (Å²) < 4.78 is 2.94. The molecule has 0 bridgehead atoms. The first-order valence-electron chi connectivity index (χ1n) is 10.1. The van der Waals surface area contributed by atoms with Crippen LogP contribution in [-0.4, -0.2) is 25.2 Å². The van der Waals surface area contributed by atoms with Crippen molar-refractivity contribution >= 4 is 22.4 Å². The predicted molar refractivity (Wildman–Crippen MR) is 107 cm³/mol. The summed E-state index contributed by atoms with van der Waals surface area (Å²) in [5, 5.41) is 12.0. The molecule has 9 heteroatoms. The van der Waals surface area contributed by atoms with Gasteiger partial charge in [-0.3, -0.25) is 24.0 Å². The Morgan fingerprint density at radius 2 is 1.93 bits per heavy atom. The van der Waals surface area contributed by atoms with E-state index in [2.05, 4.69) is 15.5 Å². The summed E-state index contributed by atoms with van der Waals surface area (Å²) in [5.74, 6) is -0.316. The molecule has 2 aliphatic carbocycles. The lowest BCUT2D eigenvalue weighted by Gasteiger charge is -2.25. The number of aromatic nitrogens is 4. The molecular weight excluding hydrogens is 378 g/mol. The highest BCUT2D eigenvalue weighted by Crippen LogP contribution is 2.27. The average Bonchev–Trinajstić information content (AvgIpc) is 3.35. The van der Waals surface area contributed by atoms with Gasteiger partial charge in [0, 0.05) is 17.3 Å². The molecule has 28 heavy (non-hydrogen) atoms. The quantitative estimate of drug-likeness (QED) is 0.824. The highest BCUT2D eigenvalue weighted by Gasteiger charge is 2.28. The van der Waals surface area contributed by atoms with Gasteiger partial charge >= 0.3 is 5.69 Å². The molecule has 0 aliphatic heterocycles. The largest absolute Gasteiger partial charge is 0.331 e. The lowest BCUT2D eigenvalue weighted by molar-refractivity contribution is -0.116. The highest BCUT2D eigenvalue weighted by molar-refractivity contribution is 7.15. The maximum Gasteiger partial charge on any atom is 0.331 e. The number of hydrogen-bond acceptors (Lipinski definition) is 6. The first-order valence-corrected chi connectivity index (χ1v) is 10.9. The van der Waals surface area contributed by atoms with Gasteiger partial charge in [-0.15, -0.1) is 10.2 Å². The van der Waals surface area contributed by atoms with E-state index in [1.54, 1.807) is 0 Å². The van der Waals surface area contributed by atoms with E-state index in [0.29, 0.717) is 23.5 Å². The fourth-order valence-corrected chi connectivity index (χ4v) is 5.00. The summed E-state index contributed by atoms with van der Waals surface area (Å²) in [4.78, 5) is 38.8. The van der Waals surface area contributed by atoms with Crippen LogP contribution in [0.15, 0.2) is 9.59 Å². The molecular formula is C19H25N5O3S. The van der Waals surface area contributed by atoms with Crippen LogP contribution in [0.4, 0.5) is 5.13 Å². The van der Waals surface area contributed by atoms with Gasteiger partial charge in [-0.1, -0.05) is 37.5 Å². The topological polar surface area (TPSA) is 98.9 Å². The maximum absolute atomic E-state index is 13.2. The Kier molecular flexibility index (Phi) is 5.43. The molecule has 2 aliphatic rings. The SMILES string of the molecule is CCc1nnc(NC(=O)Cn2c3c(c(=O)n(C4CCCCC4)c2=O)CCC3)s1. The molecule has 2 heterocycles. The predicted octanol–water partition coefficient (Wildman–Crippen LogP) is 2.06. The molecule has 150 valence electrons. The van der Waals surface area contributed by atoms with Crippen LogP contribution >= 0.6 is 11.3 Å². The third-order valence-corrected chi connectivity index (χ3v) is 6.67. The lowest BCUT2D eigenvalue weighted by Crippen LogP contribution is -2.46. The van der Waals surface area contributed by atoms with E-state index >= 15 is 0 Å². The number of hydrogen-bond donors (Lipinski definition) is 1. The van der Waals surface area contributed by atoms with Crippen molar-refractivity contribution in [3.05, 3.63) is 37.1 Å². The monoisotopic (exact) mass is 403 g/mol. The van der Waals surface area contributed by atoms with Crippen LogP contribution in [-0.2, 0) is 30.6 Å². The summed E-state index contributed by atoms with van der Waals surface area (Å²) in [6, 6.07) is -0.0516. The molecule has 1 saturated carbocycles. The molecule has 8 nitrogen and oxygen atoms in total. The molecule has 0 saturated heterocycles. The summed E-state index contributed by atoms with van der Waals surface area (Å²) in [6.07, 6.45) is 7.86. The van der Waals surface area contributed by atoms with Gasteiger partial charge in [0.25, 0.3) is 5.56 Å². The molecule has 1 fully saturated rings. The van der Waals surface area contributed by atoms with Crippen molar-refractivity contribution in [1.29, 1.82) is 0 Å². The highest BCUT2D eigenvalue weighted by atomic mass is 32.1. The van der Waals surface area contributed by atoms with E-state index in [0.717, 1.165) is 55.6 Å². The number of anilines is 1. The van der Waals surface area contributed by atoms with Crippen molar-refractivity contribution in [2.45, 2.75) is 77.3 Å². The van der Waals surface area contributed by atoms with Crippen molar-refractivity contribution in [2.24, 2.45) is 0 Å². The Hall–Kier alpha value is -2.29. The number of nitrogens with zero attached hydrogens (tertiary/aromatic N) is 4. The Bertz CT molecular complexity index is 1000. The van der Waals surface area contributed by atoms with Gasteiger partial charge in [-0.25, -0.2) is 4.79 Å². The number of rotatable bonds is 5. The number of carbonyl (C=O) groups is 1. The van der Waals surface area contributed by atoms with Gasteiger partial charge in [0.2, 0.25) is 11.0 Å². The average molecular weight is 404 g/mol. The zero-order valence-electron chi connectivity index (χ0n) is 16.1. The van der Waals surface area contributed by atoms with E-state index in [1.165, 1.54) is 20.5 Å². The zero-order valence-corrected chi connectivity index (χ0v) is 16.9.